The van der Waals surface area contributed by atoms with E-state index in [1.54, 1.807) is 12.1 Å². The fourth-order valence-corrected chi connectivity index (χ4v) is 1.07. The van der Waals surface area contributed by atoms with E-state index in [0.29, 0.717) is 12.3 Å². The standard InChI is InChI=1S/C11H14FNO/c1-3-8(2)14-11-5-9(7-13)4-10(12)6-11/h3-6,8H,1,7,13H2,2H3. The van der Waals surface area contributed by atoms with Crippen molar-refractivity contribution in [1.29, 1.82) is 0 Å². The van der Waals surface area contributed by atoms with Crippen LogP contribution in [0.4, 0.5) is 4.39 Å². The number of hydrogen-bond donors (Lipinski definition) is 1. The molecule has 0 radical (unpaired) electrons. The summed E-state index contributed by atoms with van der Waals surface area (Å²) in [6.45, 7) is 5.71. The minimum Gasteiger partial charge on any atom is -0.487 e. The molecule has 0 saturated carbocycles. The molecule has 0 aromatic heterocycles. The first-order valence-electron chi connectivity index (χ1n) is 4.44. The Labute approximate surface area is 83.2 Å². The fourth-order valence-electron chi connectivity index (χ4n) is 1.07. The number of halogens is 1. The lowest BCUT2D eigenvalue weighted by atomic mass is 10.2. The Morgan fingerprint density at radius 1 is 1.57 bits per heavy atom. The van der Waals surface area contributed by atoms with Crippen molar-refractivity contribution in [3.8, 4) is 5.75 Å². The van der Waals surface area contributed by atoms with E-state index in [4.69, 9.17) is 10.5 Å². The molecule has 1 rings (SSSR count). The third-order valence-corrected chi connectivity index (χ3v) is 1.82. The highest BCUT2D eigenvalue weighted by atomic mass is 19.1. The highest BCUT2D eigenvalue weighted by molar-refractivity contribution is 5.29. The van der Waals surface area contributed by atoms with Crippen molar-refractivity contribution < 1.29 is 9.13 Å². The molecule has 1 aromatic carbocycles. The summed E-state index contributed by atoms with van der Waals surface area (Å²) in [5, 5.41) is 0. The Morgan fingerprint density at radius 2 is 2.29 bits per heavy atom. The molecule has 3 heteroatoms. The second-order valence-electron chi connectivity index (χ2n) is 3.06. The van der Waals surface area contributed by atoms with Crippen molar-refractivity contribution in [2.24, 2.45) is 5.73 Å². The summed E-state index contributed by atoms with van der Waals surface area (Å²) in [4.78, 5) is 0. The van der Waals surface area contributed by atoms with Crippen LogP contribution in [0.5, 0.6) is 5.75 Å². The van der Waals surface area contributed by atoms with Crippen LogP contribution in [-0.4, -0.2) is 6.10 Å². The zero-order valence-corrected chi connectivity index (χ0v) is 8.16. The van der Waals surface area contributed by atoms with Crippen molar-refractivity contribution >= 4 is 0 Å². The summed E-state index contributed by atoms with van der Waals surface area (Å²) in [6.07, 6.45) is 1.51. The van der Waals surface area contributed by atoms with E-state index in [-0.39, 0.29) is 11.9 Å². The Bertz CT molecular complexity index is 325. The van der Waals surface area contributed by atoms with Crippen molar-refractivity contribution in [3.63, 3.8) is 0 Å². The lowest BCUT2D eigenvalue weighted by molar-refractivity contribution is 0.268. The van der Waals surface area contributed by atoms with Gasteiger partial charge in [-0.05, 0) is 24.6 Å². The Kier molecular flexibility index (Phi) is 3.65. The second kappa shape index (κ2) is 4.77. The van der Waals surface area contributed by atoms with E-state index in [0.717, 1.165) is 5.56 Å². The molecule has 2 nitrogen and oxygen atoms in total. The lowest BCUT2D eigenvalue weighted by Gasteiger charge is -2.11. The van der Waals surface area contributed by atoms with E-state index in [1.807, 2.05) is 6.92 Å². The molecule has 1 atom stereocenters. The average molecular weight is 195 g/mol. The van der Waals surface area contributed by atoms with Gasteiger partial charge in [0, 0.05) is 12.6 Å². The summed E-state index contributed by atoms with van der Waals surface area (Å²) in [5.74, 6) is 0.150. The summed E-state index contributed by atoms with van der Waals surface area (Å²) >= 11 is 0. The number of hydrogen-bond acceptors (Lipinski definition) is 2. The minimum atomic E-state index is -0.334. The monoisotopic (exact) mass is 195 g/mol. The summed E-state index contributed by atoms with van der Waals surface area (Å²) in [5.41, 5.74) is 6.13. The molecule has 14 heavy (non-hydrogen) atoms. The highest BCUT2D eigenvalue weighted by Gasteiger charge is 2.03. The Balaban J connectivity index is 2.86. The van der Waals surface area contributed by atoms with Gasteiger partial charge in [0.15, 0.2) is 0 Å². The highest BCUT2D eigenvalue weighted by Crippen LogP contribution is 2.17. The number of rotatable bonds is 4. The van der Waals surface area contributed by atoms with Crippen LogP contribution in [0.2, 0.25) is 0 Å². The van der Waals surface area contributed by atoms with Crippen LogP contribution in [0.15, 0.2) is 30.9 Å². The maximum Gasteiger partial charge on any atom is 0.127 e. The molecule has 0 aliphatic rings. The molecule has 0 spiro atoms. The molecular weight excluding hydrogens is 181 g/mol. The molecular formula is C11H14FNO. The first-order chi connectivity index (χ1) is 6.65. The summed E-state index contributed by atoms with van der Waals surface area (Å²) in [7, 11) is 0. The van der Waals surface area contributed by atoms with Crippen molar-refractivity contribution in [1.82, 2.24) is 0 Å². The summed E-state index contributed by atoms with van der Waals surface area (Å²) < 4.78 is 18.4. The molecule has 1 unspecified atom stereocenters. The molecule has 2 N–H and O–H groups in total. The van der Waals surface area contributed by atoms with Gasteiger partial charge in [-0.1, -0.05) is 12.7 Å². The van der Waals surface area contributed by atoms with Crippen LogP contribution in [0.1, 0.15) is 12.5 Å². The SMILES string of the molecule is C=CC(C)Oc1cc(F)cc(CN)c1. The fraction of sp³-hybridized carbons (Fsp3) is 0.273. The van der Waals surface area contributed by atoms with E-state index in [1.165, 1.54) is 12.1 Å². The van der Waals surface area contributed by atoms with Gasteiger partial charge in [0.05, 0.1) is 0 Å². The van der Waals surface area contributed by atoms with Gasteiger partial charge in [-0.15, -0.1) is 0 Å². The maximum atomic E-state index is 13.0. The van der Waals surface area contributed by atoms with Gasteiger partial charge in [-0.25, -0.2) is 4.39 Å². The average Bonchev–Trinajstić information content (AvgIpc) is 2.16. The molecule has 0 bridgehead atoms. The Morgan fingerprint density at radius 3 is 2.86 bits per heavy atom. The molecule has 0 fully saturated rings. The zero-order chi connectivity index (χ0) is 10.6. The van der Waals surface area contributed by atoms with Gasteiger partial charge in [0.1, 0.15) is 17.7 Å². The molecule has 0 heterocycles. The normalized spacial score (nSPS) is 12.2. The summed E-state index contributed by atoms with van der Waals surface area (Å²) in [6, 6.07) is 4.45. The van der Waals surface area contributed by atoms with E-state index >= 15 is 0 Å². The zero-order valence-electron chi connectivity index (χ0n) is 8.16. The molecule has 0 aliphatic heterocycles. The minimum absolute atomic E-state index is 0.137. The predicted molar refractivity (Wildman–Crippen MR) is 54.6 cm³/mol. The number of nitrogens with two attached hydrogens (primary N) is 1. The molecule has 76 valence electrons. The van der Waals surface area contributed by atoms with Gasteiger partial charge in [-0.3, -0.25) is 0 Å². The smallest absolute Gasteiger partial charge is 0.127 e. The number of ether oxygens (including phenoxy) is 1. The van der Waals surface area contributed by atoms with Crippen molar-refractivity contribution in [2.75, 3.05) is 0 Å². The van der Waals surface area contributed by atoms with Crippen molar-refractivity contribution in [2.45, 2.75) is 19.6 Å². The van der Waals surface area contributed by atoms with Crippen LogP contribution < -0.4 is 10.5 Å². The van der Waals surface area contributed by atoms with Crippen molar-refractivity contribution in [3.05, 3.63) is 42.2 Å². The predicted octanol–water partition coefficient (Wildman–Crippen LogP) is 2.24. The quantitative estimate of drug-likeness (QED) is 0.748. The van der Waals surface area contributed by atoms with Gasteiger partial charge in [0.2, 0.25) is 0 Å². The van der Waals surface area contributed by atoms with Crippen LogP contribution in [0.25, 0.3) is 0 Å². The first kappa shape index (κ1) is 10.7. The van der Waals surface area contributed by atoms with Crippen LogP contribution in [0.3, 0.4) is 0 Å². The van der Waals surface area contributed by atoms with Gasteiger partial charge in [0.25, 0.3) is 0 Å². The largest absolute Gasteiger partial charge is 0.487 e. The third kappa shape index (κ3) is 2.85. The Hall–Kier alpha value is -1.35. The van der Waals surface area contributed by atoms with Crippen LogP contribution >= 0.6 is 0 Å². The second-order valence-corrected chi connectivity index (χ2v) is 3.06. The van der Waals surface area contributed by atoms with Gasteiger partial charge < -0.3 is 10.5 Å². The first-order valence-corrected chi connectivity index (χ1v) is 4.44. The molecule has 0 aliphatic carbocycles. The van der Waals surface area contributed by atoms with E-state index in [9.17, 15) is 4.39 Å². The van der Waals surface area contributed by atoms with Gasteiger partial charge >= 0.3 is 0 Å². The number of benzene rings is 1. The topological polar surface area (TPSA) is 35.2 Å². The van der Waals surface area contributed by atoms with Gasteiger partial charge in [-0.2, -0.15) is 0 Å². The maximum absolute atomic E-state index is 13.0. The van der Waals surface area contributed by atoms with E-state index in [2.05, 4.69) is 6.58 Å². The van der Waals surface area contributed by atoms with E-state index < -0.39 is 0 Å². The van der Waals surface area contributed by atoms with Crippen LogP contribution in [-0.2, 0) is 6.54 Å². The molecule has 0 saturated heterocycles. The molecule has 0 amide bonds. The third-order valence-electron chi connectivity index (χ3n) is 1.82. The molecule has 1 aromatic rings. The van der Waals surface area contributed by atoms with Crippen LogP contribution in [0, 0.1) is 5.82 Å². The lowest BCUT2D eigenvalue weighted by Crippen LogP contribution is -2.08.